The summed E-state index contributed by atoms with van der Waals surface area (Å²) in [5, 5.41) is 9.41. The minimum atomic E-state index is -4.71. The zero-order valence-corrected chi connectivity index (χ0v) is 22.7. The van der Waals surface area contributed by atoms with Crippen LogP contribution in [-0.4, -0.2) is 39.2 Å². The number of methoxy groups -OCH3 is 3. The third-order valence-electron chi connectivity index (χ3n) is 6.24. The third-order valence-corrected chi connectivity index (χ3v) is 6.24. The molecule has 0 amide bonds. The second kappa shape index (κ2) is 14.1. The highest BCUT2D eigenvalue weighted by Crippen LogP contribution is 2.43. The molecule has 3 aromatic rings. The van der Waals surface area contributed by atoms with E-state index in [-0.39, 0.29) is 24.2 Å². The van der Waals surface area contributed by atoms with Crippen LogP contribution in [0.5, 0.6) is 11.5 Å². The molecule has 1 atom stereocenters. The number of carbonyl (C=O) groups is 1. The average Bonchev–Trinajstić information content (AvgIpc) is 2.94. The van der Waals surface area contributed by atoms with Gasteiger partial charge in [0.1, 0.15) is 23.9 Å². The van der Waals surface area contributed by atoms with Crippen molar-refractivity contribution in [2.45, 2.75) is 31.4 Å². The zero-order valence-electron chi connectivity index (χ0n) is 22.7. The quantitative estimate of drug-likeness (QED) is 0.124. The van der Waals surface area contributed by atoms with Crippen LogP contribution in [0.25, 0.3) is 11.1 Å². The van der Waals surface area contributed by atoms with E-state index in [9.17, 15) is 27.5 Å². The van der Waals surface area contributed by atoms with Gasteiger partial charge in [-0.1, -0.05) is 36.4 Å². The van der Waals surface area contributed by atoms with E-state index >= 15 is 0 Å². The van der Waals surface area contributed by atoms with Gasteiger partial charge in [-0.3, -0.25) is 4.79 Å². The van der Waals surface area contributed by atoms with Gasteiger partial charge in [-0.15, -0.1) is 6.58 Å². The summed E-state index contributed by atoms with van der Waals surface area (Å²) < 4.78 is 82.6. The van der Waals surface area contributed by atoms with E-state index in [1.807, 2.05) is 0 Å². The molecule has 0 saturated heterocycles. The number of aliphatic carboxylic acids is 1. The van der Waals surface area contributed by atoms with Crippen molar-refractivity contribution < 1.29 is 51.1 Å². The standard InChI is InChI=1S/C30H30F4O7/c1-5-6-23(28(35)36)22-13-9-19(15-25(22)31)18-7-11-21(12-8-18)40-16-20-10-14-24(30(32,33)34)27(41-17-37-2)26(20)29(38-3)39-4/h5,7-15,23,29H,1,6,16-17H2,2-4H3,(H,35,36). The molecule has 220 valence electrons. The van der Waals surface area contributed by atoms with Crippen molar-refractivity contribution >= 4 is 5.97 Å². The highest BCUT2D eigenvalue weighted by molar-refractivity contribution is 5.77. The van der Waals surface area contributed by atoms with E-state index in [1.54, 1.807) is 30.3 Å². The smallest absolute Gasteiger partial charge is 0.419 e. The molecular formula is C30H30F4O7. The van der Waals surface area contributed by atoms with E-state index in [1.165, 1.54) is 45.6 Å². The summed E-state index contributed by atoms with van der Waals surface area (Å²) >= 11 is 0. The maximum atomic E-state index is 14.8. The molecule has 7 nitrogen and oxygen atoms in total. The van der Waals surface area contributed by atoms with Gasteiger partial charge in [0.05, 0.1) is 17.0 Å². The van der Waals surface area contributed by atoms with E-state index in [0.29, 0.717) is 22.4 Å². The van der Waals surface area contributed by atoms with E-state index in [2.05, 4.69) is 6.58 Å². The molecule has 3 aromatic carbocycles. The van der Waals surface area contributed by atoms with Gasteiger partial charge in [-0.05, 0) is 41.8 Å². The molecule has 1 N–H and O–H groups in total. The Morgan fingerprint density at radius 3 is 2.17 bits per heavy atom. The predicted molar refractivity (Wildman–Crippen MR) is 142 cm³/mol. The number of alkyl halides is 3. The van der Waals surface area contributed by atoms with Crippen molar-refractivity contribution in [1.82, 2.24) is 0 Å². The molecule has 0 spiro atoms. The lowest BCUT2D eigenvalue weighted by molar-refractivity contribution is -0.141. The molecule has 0 aromatic heterocycles. The van der Waals surface area contributed by atoms with Crippen molar-refractivity contribution in [3.63, 3.8) is 0 Å². The topological polar surface area (TPSA) is 83.5 Å². The summed E-state index contributed by atoms with van der Waals surface area (Å²) in [6.07, 6.45) is -4.38. The van der Waals surface area contributed by atoms with Crippen molar-refractivity contribution in [2.24, 2.45) is 0 Å². The molecule has 3 rings (SSSR count). The number of benzene rings is 3. The number of halogens is 4. The highest BCUT2D eigenvalue weighted by atomic mass is 19.4. The van der Waals surface area contributed by atoms with Gasteiger partial charge in [-0.2, -0.15) is 13.2 Å². The summed E-state index contributed by atoms with van der Waals surface area (Å²) in [4.78, 5) is 11.5. The van der Waals surface area contributed by atoms with Crippen molar-refractivity contribution in [3.8, 4) is 22.6 Å². The minimum Gasteiger partial charge on any atom is -0.489 e. The Labute approximate surface area is 234 Å². The summed E-state index contributed by atoms with van der Waals surface area (Å²) in [6, 6.07) is 13.1. The summed E-state index contributed by atoms with van der Waals surface area (Å²) in [5.41, 5.74) is 0.537. The van der Waals surface area contributed by atoms with Crippen LogP contribution < -0.4 is 9.47 Å². The van der Waals surface area contributed by atoms with Gasteiger partial charge >= 0.3 is 12.1 Å². The van der Waals surface area contributed by atoms with Crippen LogP contribution in [0, 0.1) is 5.82 Å². The fraction of sp³-hybridized carbons (Fsp3) is 0.300. The van der Waals surface area contributed by atoms with Crippen LogP contribution in [-0.2, 0) is 31.8 Å². The lowest BCUT2D eigenvalue weighted by Gasteiger charge is -2.24. The maximum Gasteiger partial charge on any atom is 0.419 e. The van der Waals surface area contributed by atoms with Crippen LogP contribution in [0.1, 0.15) is 40.9 Å². The van der Waals surface area contributed by atoms with Crippen LogP contribution in [0.15, 0.2) is 67.3 Å². The second-order valence-electron chi connectivity index (χ2n) is 8.83. The van der Waals surface area contributed by atoms with Crippen molar-refractivity contribution in [1.29, 1.82) is 0 Å². The average molecular weight is 579 g/mol. The minimum absolute atomic E-state index is 0.00480. The summed E-state index contributed by atoms with van der Waals surface area (Å²) in [7, 11) is 3.86. The zero-order chi connectivity index (χ0) is 30.2. The molecule has 0 saturated carbocycles. The van der Waals surface area contributed by atoms with E-state index in [0.717, 1.165) is 6.07 Å². The van der Waals surface area contributed by atoms with Crippen molar-refractivity contribution in [2.75, 3.05) is 28.1 Å². The number of carboxylic acids is 1. The molecular weight excluding hydrogens is 548 g/mol. The molecule has 0 bridgehead atoms. The molecule has 0 heterocycles. The largest absolute Gasteiger partial charge is 0.489 e. The summed E-state index contributed by atoms with van der Waals surface area (Å²) in [5.74, 6) is -2.94. The van der Waals surface area contributed by atoms with Gasteiger partial charge in [-0.25, -0.2) is 4.39 Å². The van der Waals surface area contributed by atoms with Crippen LogP contribution >= 0.6 is 0 Å². The first-order valence-corrected chi connectivity index (χ1v) is 12.3. The lowest BCUT2D eigenvalue weighted by Crippen LogP contribution is -2.17. The maximum absolute atomic E-state index is 14.8. The molecule has 41 heavy (non-hydrogen) atoms. The van der Waals surface area contributed by atoms with E-state index < -0.39 is 48.3 Å². The first-order valence-electron chi connectivity index (χ1n) is 12.3. The fourth-order valence-corrected chi connectivity index (χ4v) is 4.27. The molecule has 0 aliphatic carbocycles. The molecule has 1 unspecified atom stereocenters. The van der Waals surface area contributed by atoms with Gasteiger partial charge in [0.15, 0.2) is 13.1 Å². The number of hydrogen-bond donors (Lipinski definition) is 1. The van der Waals surface area contributed by atoms with Crippen molar-refractivity contribution in [3.05, 3.63) is 95.3 Å². The number of rotatable bonds is 14. The molecule has 0 radical (unpaired) electrons. The SMILES string of the molecule is C=CCC(C(=O)O)c1ccc(-c2ccc(OCc3ccc(C(F)(F)F)c(OCOC)c3C(OC)OC)cc2)cc1F. The van der Waals surface area contributed by atoms with Gasteiger partial charge in [0.2, 0.25) is 0 Å². The van der Waals surface area contributed by atoms with Crippen LogP contribution in [0.2, 0.25) is 0 Å². The Morgan fingerprint density at radius 2 is 1.63 bits per heavy atom. The summed E-state index contributed by atoms with van der Waals surface area (Å²) in [6.45, 7) is 2.94. The Bertz CT molecular complexity index is 1340. The Kier molecular flexibility index (Phi) is 10.9. The van der Waals surface area contributed by atoms with Gasteiger partial charge in [0.25, 0.3) is 0 Å². The molecule has 11 heteroatoms. The van der Waals surface area contributed by atoms with E-state index in [4.69, 9.17) is 23.7 Å². The predicted octanol–water partition coefficient (Wildman–Crippen LogP) is 7.11. The number of hydrogen-bond acceptors (Lipinski definition) is 6. The Morgan fingerprint density at radius 1 is 0.976 bits per heavy atom. The third kappa shape index (κ3) is 7.63. The normalized spacial score (nSPS) is 12.3. The Balaban J connectivity index is 1.87. The monoisotopic (exact) mass is 578 g/mol. The van der Waals surface area contributed by atoms with Crippen LogP contribution in [0.4, 0.5) is 17.6 Å². The molecule has 0 aliphatic rings. The first kappa shape index (κ1) is 31.6. The number of carboxylic acid groups (broad SMARTS) is 1. The number of ether oxygens (including phenoxy) is 5. The highest BCUT2D eigenvalue weighted by Gasteiger charge is 2.38. The first-order chi connectivity index (χ1) is 19.5. The lowest BCUT2D eigenvalue weighted by atomic mass is 9.93. The fourth-order valence-electron chi connectivity index (χ4n) is 4.27. The molecule has 0 aliphatic heterocycles. The van der Waals surface area contributed by atoms with Gasteiger partial charge < -0.3 is 28.8 Å². The van der Waals surface area contributed by atoms with Gasteiger partial charge in [0, 0.05) is 32.5 Å². The second-order valence-corrected chi connectivity index (χ2v) is 8.83. The Hall–Kier alpha value is -3.93. The number of allylic oxidation sites excluding steroid dienone is 1. The van der Waals surface area contributed by atoms with Crippen LogP contribution in [0.3, 0.4) is 0 Å². The molecule has 0 fully saturated rings.